The lowest BCUT2D eigenvalue weighted by molar-refractivity contribution is -0.136. The Bertz CT molecular complexity index is 244. The van der Waals surface area contributed by atoms with Crippen LogP contribution < -0.4 is 5.32 Å². The Kier molecular flexibility index (Phi) is 5.94. The highest BCUT2D eigenvalue weighted by atomic mass is 16.5. The number of hydrogen-bond acceptors (Lipinski definition) is 3. The van der Waals surface area contributed by atoms with Gasteiger partial charge in [0, 0.05) is 19.1 Å². The average molecular weight is 254 g/mol. The molecule has 0 spiro atoms. The average Bonchev–Trinajstić information content (AvgIpc) is 2.69. The summed E-state index contributed by atoms with van der Waals surface area (Å²) in [5.74, 6) is 0.174. The van der Waals surface area contributed by atoms with Gasteiger partial charge < -0.3 is 15.0 Å². The Morgan fingerprint density at radius 1 is 1.11 bits per heavy atom. The molecule has 1 atom stereocenters. The molecule has 0 aliphatic carbocycles. The van der Waals surface area contributed by atoms with Crippen molar-refractivity contribution in [1.82, 2.24) is 10.2 Å². The Labute approximate surface area is 110 Å². The molecule has 2 saturated heterocycles. The molecule has 0 saturated carbocycles. The highest BCUT2D eigenvalue weighted by Crippen LogP contribution is 2.10. The quantitative estimate of drug-likeness (QED) is 0.827. The second kappa shape index (κ2) is 7.74. The predicted molar refractivity (Wildman–Crippen MR) is 71.5 cm³/mol. The van der Waals surface area contributed by atoms with Crippen LogP contribution in [0.15, 0.2) is 0 Å². The van der Waals surface area contributed by atoms with Crippen molar-refractivity contribution in [2.45, 2.75) is 51.0 Å². The Hall–Kier alpha value is -0.610. The van der Waals surface area contributed by atoms with Crippen LogP contribution in [-0.4, -0.2) is 49.7 Å². The van der Waals surface area contributed by atoms with Crippen LogP contribution in [0.25, 0.3) is 0 Å². The molecule has 1 unspecified atom stereocenters. The molecular weight excluding hydrogens is 228 g/mol. The van der Waals surface area contributed by atoms with Gasteiger partial charge in [-0.1, -0.05) is 19.3 Å². The molecule has 2 aliphatic rings. The lowest BCUT2D eigenvalue weighted by Crippen LogP contribution is -2.39. The van der Waals surface area contributed by atoms with E-state index in [1.807, 2.05) is 4.90 Å². The summed E-state index contributed by atoms with van der Waals surface area (Å²) in [4.78, 5) is 13.9. The molecule has 1 N–H and O–H groups in total. The second-order valence-electron chi connectivity index (χ2n) is 5.46. The fourth-order valence-electron chi connectivity index (χ4n) is 2.77. The molecule has 0 radical (unpaired) electrons. The normalized spacial score (nSPS) is 25.8. The molecular formula is C14H26N2O2. The fraction of sp³-hybridized carbons (Fsp3) is 0.929. The maximum absolute atomic E-state index is 12.0. The minimum absolute atomic E-state index is 0.174. The van der Waals surface area contributed by atoms with Crippen molar-refractivity contribution >= 4 is 5.91 Å². The fourth-order valence-corrected chi connectivity index (χ4v) is 2.77. The molecule has 18 heavy (non-hydrogen) atoms. The minimum Gasteiger partial charge on any atom is -0.370 e. The van der Waals surface area contributed by atoms with Crippen molar-refractivity contribution in [3.05, 3.63) is 0 Å². The van der Waals surface area contributed by atoms with Gasteiger partial charge in [0.25, 0.3) is 0 Å². The van der Waals surface area contributed by atoms with Gasteiger partial charge in [-0.15, -0.1) is 0 Å². The van der Waals surface area contributed by atoms with Crippen molar-refractivity contribution in [3.63, 3.8) is 0 Å². The number of ether oxygens (including phenoxy) is 1. The zero-order valence-electron chi connectivity index (χ0n) is 11.3. The monoisotopic (exact) mass is 254 g/mol. The highest BCUT2D eigenvalue weighted by molar-refractivity contribution is 5.77. The van der Waals surface area contributed by atoms with Gasteiger partial charge >= 0.3 is 0 Å². The first-order valence-electron chi connectivity index (χ1n) is 7.45. The number of carbonyl (C=O) groups is 1. The third-order valence-corrected chi connectivity index (χ3v) is 3.92. The molecule has 2 fully saturated rings. The Morgan fingerprint density at radius 2 is 1.89 bits per heavy atom. The van der Waals surface area contributed by atoms with Gasteiger partial charge in [0.2, 0.25) is 5.91 Å². The van der Waals surface area contributed by atoms with Gasteiger partial charge in [-0.05, 0) is 32.2 Å². The summed E-state index contributed by atoms with van der Waals surface area (Å²) >= 11 is 0. The Morgan fingerprint density at radius 3 is 2.56 bits per heavy atom. The minimum atomic E-state index is 0.174. The molecule has 2 aliphatic heterocycles. The van der Waals surface area contributed by atoms with Gasteiger partial charge in [-0.2, -0.15) is 0 Å². The van der Waals surface area contributed by atoms with Crippen LogP contribution in [0.5, 0.6) is 0 Å². The molecule has 104 valence electrons. The number of rotatable bonds is 4. The first-order chi connectivity index (χ1) is 8.86. The van der Waals surface area contributed by atoms with E-state index in [0.717, 1.165) is 32.5 Å². The molecule has 2 rings (SSSR count). The summed E-state index contributed by atoms with van der Waals surface area (Å²) in [5.41, 5.74) is 0. The van der Waals surface area contributed by atoms with Gasteiger partial charge in [0.05, 0.1) is 6.61 Å². The molecule has 0 bridgehead atoms. The van der Waals surface area contributed by atoms with E-state index < -0.39 is 0 Å². The lowest BCUT2D eigenvalue weighted by Gasteiger charge is -2.24. The third-order valence-electron chi connectivity index (χ3n) is 3.92. The smallest absolute Gasteiger partial charge is 0.248 e. The van der Waals surface area contributed by atoms with Crippen LogP contribution in [0.1, 0.15) is 44.9 Å². The van der Waals surface area contributed by atoms with Crippen molar-refractivity contribution in [1.29, 1.82) is 0 Å². The molecule has 4 heteroatoms. The predicted octanol–water partition coefficient (Wildman–Crippen LogP) is 1.55. The van der Waals surface area contributed by atoms with Crippen LogP contribution in [0.4, 0.5) is 0 Å². The zero-order valence-corrected chi connectivity index (χ0v) is 11.3. The lowest BCUT2D eigenvalue weighted by atomic mass is 10.1. The van der Waals surface area contributed by atoms with E-state index in [-0.39, 0.29) is 12.5 Å². The maximum Gasteiger partial charge on any atom is 0.248 e. The standard InChI is InChI=1S/C14H26N2O2/c17-14(16-9-5-1-2-6-10-16)12-18-11-13-7-3-4-8-15-13/h13,15H,1-12H2. The molecule has 0 aromatic rings. The largest absolute Gasteiger partial charge is 0.370 e. The van der Waals surface area contributed by atoms with E-state index in [1.165, 1.54) is 32.1 Å². The van der Waals surface area contributed by atoms with Crippen LogP contribution in [0.3, 0.4) is 0 Å². The van der Waals surface area contributed by atoms with E-state index in [9.17, 15) is 4.79 Å². The molecule has 4 nitrogen and oxygen atoms in total. The number of nitrogens with one attached hydrogen (secondary N) is 1. The number of likely N-dealkylation sites (tertiary alicyclic amines) is 1. The van der Waals surface area contributed by atoms with E-state index in [2.05, 4.69) is 5.32 Å². The van der Waals surface area contributed by atoms with Crippen LogP contribution >= 0.6 is 0 Å². The number of piperidine rings is 1. The SMILES string of the molecule is O=C(COCC1CCCCN1)N1CCCCCC1. The van der Waals surface area contributed by atoms with Crippen molar-refractivity contribution in [2.75, 3.05) is 32.8 Å². The summed E-state index contributed by atoms with van der Waals surface area (Å²) in [6.07, 6.45) is 8.54. The van der Waals surface area contributed by atoms with Crippen molar-refractivity contribution < 1.29 is 9.53 Å². The van der Waals surface area contributed by atoms with E-state index >= 15 is 0 Å². The number of nitrogens with zero attached hydrogens (tertiary/aromatic N) is 1. The number of carbonyl (C=O) groups excluding carboxylic acids is 1. The van der Waals surface area contributed by atoms with Gasteiger partial charge in [0.1, 0.15) is 6.61 Å². The molecule has 2 heterocycles. The van der Waals surface area contributed by atoms with Gasteiger partial charge in [-0.3, -0.25) is 4.79 Å². The Balaban J connectivity index is 1.61. The topological polar surface area (TPSA) is 41.6 Å². The number of hydrogen-bond donors (Lipinski definition) is 1. The first kappa shape index (κ1) is 13.8. The first-order valence-corrected chi connectivity index (χ1v) is 7.45. The second-order valence-corrected chi connectivity index (χ2v) is 5.46. The van der Waals surface area contributed by atoms with Crippen LogP contribution in [0.2, 0.25) is 0 Å². The van der Waals surface area contributed by atoms with E-state index in [1.54, 1.807) is 0 Å². The molecule has 0 aromatic carbocycles. The molecule has 0 aromatic heterocycles. The van der Waals surface area contributed by atoms with Crippen LogP contribution in [-0.2, 0) is 9.53 Å². The van der Waals surface area contributed by atoms with Gasteiger partial charge in [-0.25, -0.2) is 0 Å². The summed E-state index contributed by atoms with van der Waals surface area (Å²) in [5, 5.41) is 3.43. The summed E-state index contributed by atoms with van der Waals surface area (Å²) in [6.45, 7) is 3.87. The maximum atomic E-state index is 12.0. The van der Waals surface area contributed by atoms with Crippen molar-refractivity contribution in [3.8, 4) is 0 Å². The zero-order chi connectivity index (χ0) is 12.6. The highest BCUT2D eigenvalue weighted by Gasteiger charge is 2.17. The summed E-state index contributed by atoms with van der Waals surface area (Å²) in [7, 11) is 0. The third kappa shape index (κ3) is 4.58. The van der Waals surface area contributed by atoms with Gasteiger partial charge in [0.15, 0.2) is 0 Å². The summed E-state index contributed by atoms with van der Waals surface area (Å²) in [6, 6.07) is 0.454. The van der Waals surface area contributed by atoms with E-state index in [0.29, 0.717) is 12.6 Å². The number of amides is 1. The van der Waals surface area contributed by atoms with Crippen LogP contribution in [0, 0.1) is 0 Å². The molecule has 1 amide bonds. The van der Waals surface area contributed by atoms with Crippen molar-refractivity contribution in [2.24, 2.45) is 0 Å². The van der Waals surface area contributed by atoms with E-state index in [4.69, 9.17) is 4.74 Å². The summed E-state index contributed by atoms with van der Waals surface area (Å²) < 4.78 is 5.58.